The summed E-state index contributed by atoms with van der Waals surface area (Å²) < 4.78 is 0. The first-order chi connectivity index (χ1) is 8.56. The molecule has 0 saturated carbocycles. The lowest BCUT2D eigenvalue weighted by Gasteiger charge is -2.21. The molecule has 3 heteroatoms. The fourth-order valence-electron chi connectivity index (χ4n) is 1.85. The van der Waals surface area contributed by atoms with E-state index in [-0.39, 0.29) is 0 Å². The lowest BCUT2D eigenvalue weighted by molar-refractivity contribution is 0.588. The van der Waals surface area contributed by atoms with Crippen LogP contribution in [0.1, 0.15) is 32.0 Å². The largest absolute Gasteiger partial charge is 0.353 e. The van der Waals surface area contributed by atoms with Crippen LogP contribution >= 0.6 is 0 Å². The van der Waals surface area contributed by atoms with Gasteiger partial charge in [-0.2, -0.15) is 0 Å². The van der Waals surface area contributed by atoms with E-state index in [9.17, 15) is 0 Å². The Bertz CT molecular complexity index is 385. The molecule has 1 rings (SSSR count). The van der Waals surface area contributed by atoms with Gasteiger partial charge in [-0.05, 0) is 31.5 Å². The number of nitrogens with zero attached hydrogens (tertiary/aromatic N) is 2. The van der Waals surface area contributed by atoms with Gasteiger partial charge in [0.05, 0.1) is 0 Å². The number of nitrogens with one attached hydrogen (secondary N) is 1. The standard InChI is InChI=1S/C15H25N3/c1-6-8-18(7-2)15-10-14(9-13(5)17-15)11-16-12(3)4/h6,9-10,12,16H,1,7-8,11H2,2-5H3. The van der Waals surface area contributed by atoms with E-state index in [1.165, 1.54) is 5.56 Å². The van der Waals surface area contributed by atoms with E-state index in [1.54, 1.807) is 0 Å². The fraction of sp³-hybridized carbons (Fsp3) is 0.533. The molecule has 0 unspecified atom stereocenters. The predicted octanol–water partition coefficient (Wildman–Crippen LogP) is 2.90. The van der Waals surface area contributed by atoms with Gasteiger partial charge in [0.25, 0.3) is 0 Å². The van der Waals surface area contributed by atoms with Crippen LogP contribution in [0.15, 0.2) is 24.8 Å². The van der Waals surface area contributed by atoms with Crippen molar-refractivity contribution in [1.82, 2.24) is 10.3 Å². The second-order valence-electron chi connectivity index (χ2n) is 4.84. The Hall–Kier alpha value is -1.35. The van der Waals surface area contributed by atoms with Gasteiger partial charge in [0.2, 0.25) is 0 Å². The molecule has 0 fully saturated rings. The number of anilines is 1. The molecule has 0 spiro atoms. The van der Waals surface area contributed by atoms with Crippen molar-refractivity contribution in [3.05, 3.63) is 36.0 Å². The van der Waals surface area contributed by atoms with Crippen molar-refractivity contribution in [2.24, 2.45) is 0 Å². The smallest absolute Gasteiger partial charge is 0.129 e. The highest BCUT2D eigenvalue weighted by Gasteiger charge is 2.06. The molecular formula is C15H25N3. The van der Waals surface area contributed by atoms with Crippen LogP contribution in [-0.2, 0) is 6.54 Å². The topological polar surface area (TPSA) is 28.2 Å². The molecule has 100 valence electrons. The Kier molecular flexibility index (Phi) is 5.86. The molecule has 0 aromatic carbocycles. The lowest BCUT2D eigenvalue weighted by Crippen LogP contribution is -2.25. The van der Waals surface area contributed by atoms with Crippen LogP contribution in [0.25, 0.3) is 0 Å². The van der Waals surface area contributed by atoms with Crippen LogP contribution < -0.4 is 10.2 Å². The quantitative estimate of drug-likeness (QED) is 0.751. The van der Waals surface area contributed by atoms with Gasteiger partial charge in [0.1, 0.15) is 5.82 Å². The molecule has 0 bridgehead atoms. The molecule has 0 aliphatic carbocycles. The molecule has 3 nitrogen and oxygen atoms in total. The number of likely N-dealkylation sites (N-methyl/N-ethyl adjacent to an activating group) is 1. The minimum Gasteiger partial charge on any atom is -0.353 e. The van der Waals surface area contributed by atoms with Gasteiger partial charge < -0.3 is 10.2 Å². The fourth-order valence-corrected chi connectivity index (χ4v) is 1.85. The summed E-state index contributed by atoms with van der Waals surface area (Å²) in [6.45, 7) is 15.0. The molecule has 1 aromatic rings. The van der Waals surface area contributed by atoms with Gasteiger partial charge >= 0.3 is 0 Å². The molecule has 0 saturated heterocycles. The third-order valence-corrected chi connectivity index (χ3v) is 2.77. The summed E-state index contributed by atoms with van der Waals surface area (Å²) in [5.74, 6) is 1.04. The zero-order valence-electron chi connectivity index (χ0n) is 12.0. The molecule has 1 heterocycles. The molecular weight excluding hydrogens is 222 g/mol. The third kappa shape index (κ3) is 4.49. The van der Waals surface area contributed by atoms with Gasteiger partial charge in [0, 0.05) is 31.4 Å². The first-order valence-electron chi connectivity index (χ1n) is 6.63. The second-order valence-corrected chi connectivity index (χ2v) is 4.84. The Balaban J connectivity index is 2.88. The van der Waals surface area contributed by atoms with Gasteiger partial charge in [-0.1, -0.05) is 19.9 Å². The highest BCUT2D eigenvalue weighted by molar-refractivity contribution is 5.43. The maximum absolute atomic E-state index is 4.60. The molecule has 0 aliphatic heterocycles. The van der Waals surface area contributed by atoms with Crippen molar-refractivity contribution in [1.29, 1.82) is 0 Å². The van der Waals surface area contributed by atoms with Crippen molar-refractivity contribution in [3.8, 4) is 0 Å². The van der Waals surface area contributed by atoms with Crippen LogP contribution in [0.3, 0.4) is 0 Å². The summed E-state index contributed by atoms with van der Waals surface area (Å²) in [5, 5.41) is 3.44. The van der Waals surface area contributed by atoms with E-state index in [0.717, 1.165) is 31.1 Å². The average molecular weight is 247 g/mol. The van der Waals surface area contributed by atoms with E-state index in [2.05, 4.69) is 54.7 Å². The van der Waals surface area contributed by atoms with Crippen LogP contribution in [-0.4, -0.2) is 24.1 Å². The summed E-state index contributed by atoms with van der Waals surface area (Å²) in [5.41, 5.74) is 2.35. The van der Waals surface area contributed by atoms with E-state index >= 15 is 0 Å². The first kappa shape index (κ1) is 14.7. The van der Waals surface area contributed by atoms with Crippen LogP contribution in [0.2, 0.25) is 0 Å². The van der Waals surface area contributed by atoms with E-state index in [1.807, 2.05) is 13.0 Å². The number of pyridine rings is 1. The minimum absolute atomic E-state index is 0.498. The SMILES string of the molecule is C=CCN(CC)c1cc(CNC(C)C)cc(C)n1. The van der Waals surface area contributed by atoms with Gasteiger partial charge in [-0.3, -0.25) is 0 Å². The molecule has 0 radical (unpaired) electrons. The maximum atomic E-state index is 4.60. The predicted molar refractivity (Wildman–Crippen MR) is 79.0 cm³/mol. The van der Waals surface area contributed by atoms with Gasteiger partial charge in [0.15, 0.2) is 0 Å². The number of hydrogen-bond donors (Lipinski definition) is 1. The van der Waals surface area contributed by atoms with E-state index in [4.69, 9.17) is 0 Å². The summed E-state index contributed by atoms with van der Waals surface area (Å²) in [6, 6.07) is 4.80. The minimum atomic E-state index is 0.498. The first-order valence-corrected chi connectivity index (χ1v) is 6.63. The normalized spacial score (nSPS) is 10.7. The molecule has 0 aliphatic rings. The number of hydrogen-bond acceptors (Lipinski definition) is 3. The van der Waals surface area contributed by atoms with Crippen LogP contribution in [0, 0.1) is 6.92 Å². The number of aromatic nitrogens is 1. The molecule has 0 atom stereocenters. The van der Waals surface area contributed by atoms with E-state index < -0.39 is 0 Å². The Morgan fingerprint density at radius 1 is 1.44 bits per heavy atom. The zero-order chi connectivity index (χ0) is 13.5. The van der Waals surface area contributed by atoms with Crippen molar-refractivity contribution < 1.29 is 0 Å². The number of rotatable bonds is 7. The maximum Gasteiger partial charge on any atom is 0.129 e. The van der Waals surface area contributed by atoms with Crippen molar-refractivity contribution in [3.63, 3.8) is 0 Å². The van der Waals surface area contributed by atoms with Gasteiger partial charge in [-0.15, -0.1) is 6.58 Å². The van der Waals surface area contributed by atoms with Crippen molar-refractivity contribution in [2.45, 2.75) is 40.3 Å². The summed E-state index contributed by atoms with van der Waals surface area (Å²) in [4.78, 5) is 6.82. The number of aryl methyl sites for hydroxylation is 1. The Morgan fingerprint density at radius 2 is 2.17 bits per heavy atom. The second kappa shape index (κ2) is 7.17. The van der Waals surface area contributed by atoms with Gasteiger partial charge in [-0.25, -0.2) is 4.98 Å². The molecule has 18 heavy (non-hydrogen) atoms. The summed E-state index contributed by atoms with van der Waals surface area (Å²) in [6.07, 6.45) is 1.92. The highest BCUT2D eigenvalue weighted by Crippen LogP contribution is 2.15. The summed E-state index contributed by atoms with van der Waals surface area (Å²) >= 11 is 0. The average Bonchev–Trinajstić information content (AvgIpc) is 2.32. The highest BCUT2D eigenvalue weighted by atomic mass is 15.2. The summed E-state index contributed by atoms with van der Waals surface area (Å²) in [7, 11) is 0. The molecule has 1 aromatic heterocycles. The monoisotopic (exact) mass is 247 g/mol. The lowest BCUT2D eigenvalue weighted by atomic mass is 10.2. The van der Waals surface area contributed by atoms with Crippen molar-refractivity contribution in [2.75, 3.05) is 18.0 Å². The molecule has 1 N–H and O–H groups in total. The third-order valence-electron chi connectivity index (χ3n) is 2.77. The molecule has 0 amide bonds. The van der Waals surface area contributed by atoms with Crippen molar-refractivity contribution >= 4 is 5.82 Å². The Labute approximate surface area is 111 Å². The zero-order valence-corrected chi connectivity index (χ0v) is 12.0. The Morgan fingerprint density at radius 3 is 2.72 bits per heavy atom. The van der Waals surface area contributed by atoms with Crippen LogP contribution in [0.4, 0.5) is 5.82 Å². The van der Waals surface area contributed by atoms with Crippen LogP contribution in [0.5, 0.6) is 0 Å². The van der Waals surface area contributed by atoms with E-state index in [0.29, 0.717) is 6.04 Å².